The fourth-order valence-corrected chi connectivity index (χ4v) is 16.4. The summed E-state index contributed by atoms with van der Waals surface area (Å²) in [6.45, 7) is 26.8. The average molecular weight is 2040 g/mol. The monoisotopic (exact) mass is 2030 g/mol. The van der Waals surface area contributed by atoms with Crippen LogP contribution < -0.4 is 120 Å². The number of hydroxylamine groups is 2. The fourth-order valence-electron chi connectivity index (χ4n) is 16.4. The van der Waals surface area contributed by atoms with Crippen LogP contribution in [0, 0.1) is 35.5 Å². The Hall–Kier alpha value is -11.3. The van der Waals surface area contributed by atoms with E-state index >= 15 is 9.59 Å². The molecule has 46 heteroatoms. The Bertz CT molecular complexity index is 4360. The van der Waals surface area contributed by atoms with Crippen LogP contribution in [-0.2, 0) is 97.6 Å². The molecule has 0 spiro atoms. The number of carboxylic acid groups (broad SMARTS) is 1. The maximum absolute atomic E-state index is 15.3. The first-order chi connectivity index (χ1) is 67.8. The second-order valence-corrected chi connectivity index (χ2v) is 40.6. The second-order valence-electron chi connectivity index (χ2n) is 40.6. The lowest BCUT2D eigenvalue weighted by atomic mass is 9.91. The third kappa shape index (κ3) is 47.7. The first kappa shape index (κ1) is 127. The van der Waals surface area contributed by atoms with Crippen molar-refractivity contribution in [1.82, 2.24) is 85.1 Å². The van der Waals surface area contributed by atoms with E-state index in [1.54, 1.807) is 113 Å². The number of carbonyl (C=O) groups excluding carboxylic acids is 16. The number of carboxylic acids is 1. The van der Waals surface area contributed by atoms with Crippen molar-refractivity contribution in [2.75, 3.05) is 39.3 Å². The van der Waals surface area contributed by atoms with E-state index in [-0.39, 0.29) is 151 Å². The number of Topliss-reactive ketones (excluding diaryl/α,β-unsaturated/α-hetero) is 2. The Morgan fingerprint density at radius 1 is 0.562 bits per heavy atom. The first-order valence-electron chi connectivity index (χ1n) is 50.7. The fraction of sp³-hybridized carbons (Fsp3) is 0.724. The molecule has 814 valence electrons. The average Bonchev–Trinajstić information content (AvgIpc) is 1.15. The molecule has 0 radical (unpaired) electrons. The van der Waals surface area contributed by atoms with E-state index in [1.807, 2.05) is 26.0 Å². The van der Waals surface area contributed by atoms with Crippen LogP contribution in [0.25, 0.3) is 0 Å². The molecule has 1 aromatic carbocycles. The van der Waals surface area contributed by atoms with E-state index in [1.165, 1.54) is 18.7 Å². The van der Waals surface area contributed by atoms with Crippen molar-refractivity contribution in [2.24, 2.45) is 85.7 Å². The third-order valence-corrected chi connectivity index (χ3v) is 24.8. The van der Waals surface area contributed by atoms with E-state index in [2.05, 4.69) is 90.2 Å². The largest absolute Gasteiger partial charge is 0.481 e. The Labute approximate surface area is 847 Å². The van der Waals surface area contributed by atoms with E-state index in [9.17, 15) is 82.1 Å². The van der Waals surface area contributed by atoms with E-state index in [4.69, 9.17) is 49.9 Å². The second kappa shape index (κ2) is 66.0. The van der Waals surface area contributed by atoms with Crippen molar-refractivity contribution in [3.63, 3.8) is 0 Å². The van der Waals surface area contributed by atoms with Gasteiger partial charge in [-0.25, -0.2) is 5.43 Å². The van der Waals surface area contributed by atoms with Gasteiger partial charge < -0.3 is 118 Å². The number of benzene rings is 1. The number of aliphatic hydroxyl groups excluding tert-OH is 1. The zero-order valence-corrected chi connectivity index (χ0v) is 87.3. The van der Waals surface area contributed by atoms with Gasteiger partial charge in [0, 0.05) is 39.1 Å². The number of primary amides is 1. The number of aliphatic imine (C=N–C) groups is 2. The van der Waals surface area contributed by atoms with Crippen LogP contribution in [0.4, 0.5) is 0 Å². The number of nitrogens with two attached hydrogens (primary N) is 7. The number of guanidine groups is 2. The van der Waals surface area contributed by atoms with E-state index < -0.39 is 227 Å². The third-order valence-electron chi connectivity index (χ3n) is 24.8. The standard InChI is InChI=1S/C98H171N25O21/c1-56(2)48-70(115-92(140)78(60(9)10)118-89(137)72(52-75(100)126)114-90(138)73(120-105)50-58(5)6)87(135)111-67(37-27-30-44-99)86(134)117-77(59(7)8)82(130)81(129)66(38-31-45-106-95(101)102)108-54-97(15)42-28-22-20-18-17-19-21-23-29-43-98(16,144-122-79(61(11)12)94(142)123-47-33-36-65(123)53-124)55-109-84(132)69(40-41-76(127)128)113-85(133)68(39-32-46-107-96(103)104)112-88(136)71(49-57(3)4)116-93(141)80(63(14)125)119-83(131)62(13)110-91(139)74(121-143-97)51-64-34-25-24-26-35-64/h19,21,24-26,34-35,53,56-63,65-74,77-80,108,120-122,125H,17-18,20,22-23,27-33,36-52,54-55,99,105H2,1-16H3,(H2,100,126)(H,109,132)(H,110,139)(H,111,135)(H,112,136)(H,113,133)(H,114,138)(H,115,140)(H,116,141)(H,117,134)(H,118,137)(H,119,131)(H,127,128)(H4,101,102,106)(H4,103,104,107)/t62?,63-,65+,66+,67+,68+,69?,70?,71?,72?,73+,74+,77?,78+,79?,80+,97?,98?/m1/s1. The summed E-state index contributed by atoms with van der Waals surface area (Å²) in [7, 11) is 0. The Kier molecular flexibility index (Phi) is 58.1. The molecule has 1 saturated heterocycles. The summed E-state index contributed by atoms with van der Waals surface area (Å²) in [4.78, 5) is 264. The number of hydrogen-bond acceptors (Lipinski definition) is 28. The van der Waals surface area contributed by atoms with Crippen molar-refractivity contribution in [3.05, 3.63) is 48.0 Å². The Balaban J connectivity index is 2.23. The molecule has 2 aliphatic rings. The normalized spacial score (nSPS) is 22.5. The zero-order valence-electron chi connectivity index (χ0n) is 87.3. The topological polar surface area (TPSA) is 740 Å². The minimum Gasteiger partial charge on any atom is -0.481 e. The summed E-state index contributed by atoms with van der Waals surface area (Å²) in [5.41, 5.74) is 40.5. The smallest absolute Gasteiger partial charge is 0.303 e. The molecule has 0 bridgehead atoms. The van der Waals surface area contributed by atoms with Crippen molar-refractivity contribution < 1.29 is 101 Å². The molecular weight excluding hydrogens is 1860 g/mol. The van der Waals surface area contributed by atoms with Crippen LogP contribution in [0.3, 0.4) is 0 Å². The number of nitrogens with one attached hydrogen (secondary N) is 15. The van der Waals surface area contributed by atoms with Gasteiger partial charge in [-0.3, -0.25) is 102 Å². The van der Waals surface area contributed by atoms with Crippen LogP contribution >= 0.6 is 0 Å². The zero-order chi connectivity index (χ0) is 108. The van der Waals surface area contributed by atoms with Gasteiger partial charge in [0.05, 0.1) is 42.3 Å². The molecule has 9 unspecified atom stereocenters. The molecule has 1 aromatic rings. The highest BCUT2D eigenvalue weighted by Crippen LogP contribution is 2.26. The van der Waals surface area contributed by atoms with Gasteiger partial charge in [0.1, 0.15) is 78.3 Å². The van der Waals surface area contributed by atoms with Crippen LogP contribution in [0.1, 0.15) is 270 Å². The Morgan fingerprint density at radius 2 is 1.10 bits per heavy atom. The van der Waals surface area contributed by atoms with Gasteiger partial charge in [0.25, 0.3) is 0 Å². The number of carbonyl (C=O) groups is 17. The molecule has 18 atom stereocenters. The molecule has 46 nitrogen and oxygen atoms in total. The molecule has 0 saturated carbocycles. The van der Waals surface area contributed by atoms with Crippen molar-refractivity contribution >= 4 is 113 Å². The molecule has 0 aliphatic carbocycles. The molecule has 2 aliphatic heterocycles. The van der Waals surface area contributed by atoms with Crippen LogP contribution in [0.5, 0.6) is 0 Å². The summed E-state index contributed by atoms with van der Waals surface area (Å²) in [6, 6.07) is -11.5. The van der Waals surface area contributed by atoms with Crippen LogP contribution in [-0.4, -0.2) is 275 Å². The summed E-state index contributed by atoms with van der Waals surface area (Å²) >= 11 is 0. The van der Waals surface area contributed by atoms with Crippen molar-refractivity contribution in [1.29, 1.82) is 0 Å². The van der Waals surface area contributed by atoms with Gasteiger partial charge in [0.2, 0.25) is 88.4 Å². The quantitative estimate of drug-likeness (QED) is 0.00553. The number of ketones is 2. The minimum atomic E-state index is -1.80. The van der Waals surface area contributed by atoms with Crippen molar-refractivity contribution in [2.45, 2.75) is 379 Å². The maximum atomic E-state index is 15.3. The number of aliphatic hydroxyl groups is 1. The first-order valence-corrected chi connectivity index (χ1v) is 50.7. The SMILES string of the molecule is CC(C)CC(NC(=O)[C@@H](NC(=O)C(CC(N)=O)NC(=O)[C@H](CC(C)C)NN)C(C)C)C(=O)N[C@@H](CCCCN)C(=O)NC(C(=O)C(=O)[C@H](CCCN=C(N)N)NCC1(C)CCCCCCC=CCCCC(C)(ONC(C(=O)N2CCC[C@H]2C=O)C(C)C)CNC(=O)C(CCC(=O)O)NC(=O)[C@H](CCCN=C(N)N)NC(=O)C(CC(C)C)NC(=O)[C@H]([C@@H](C)O)NC(=O)C(C)NC(=O)[C@H](Cc2ccccc2)NO1)C(C)C. The van der Waals surface area contributed by atoms with E-state index in [0.29, 0.717) is 76.3 Å². The van der Waals surface area contributed by atoms with Gasteiger partial charge >= 0.3 is 5.97 Å². The summed E-state index contributed by atoms with van der Waals surface area (Å²) in [5, 5.41) is 53.8. The lowest BCUT2D eigenvalue weighted by Crippen LogP contribution is -2.61. The molecule has 144 heavy (non-hydrogen) atoms. The molecule has 2 heterocycles. The number of aliphatic carboxylic acids is 1. The van der Waals surface area contributed by atoms with Gasteiger partial charge in [-0.15, -0.1) is 0 Å². The number of aldehydes is 1. The molecule has 3 rings (SSSR count). The number of allylic oxidation sites excluding steroid dienone is 2. The van der Waals surface area contributed by atoms with Crippen LogP contribution in [0.15, 0.2) is 52.5 Å². The number of unbranched alkanes of at least 4 members (excludes halogenated alkanes) is 1. The molecule has 0 aromatic heterocycles. The molecule has 31 N–H and O–H groups in total. The molecular formula is C98H171N25O21. The van der Waals surface area contributed by atoms with Crippen molar-refractivity contribution in [3.8, 4) is 0 Å². The Morgan fingerprint density at radius 3 is 1.68 bits per heavy atom. The summed E-state index contributed by atoms with van der Waals surface area (Å²) < 4.78 is 0. The summed E-state index contributed by atoms with van der Waals surface area (Å²) in [6.07, 6.45) is 7.69. The number of hydrazine groups is 1. The molecule has 13 amide bonds. The maximum Gasteiger partial charge on any atom is 0.303 e. The number of likely N-dealkylation sites (tertiary alicyclic amines) is 1. The number of nitrogens with zero attached hydrogens (tertiary/aromatic N) is 3. The lowest BCUT2D eigenvalue weighted by molar-refractivity contribution is -0.155. The molecule has 1 fully saturated rings. The van der Waals surface area contributed by atoms with Gasteiger partial charge in [-0.05, 0) is 204 Å². The number of hydrogen-bond donors (Lipinski definition) is 24. The predicted octanol–water partition coefficient (Wildman–Crippen LogP) is -0.827. The summed E-state index contributed by atoms with van der Waals surface area (Å²) in [5.74, 6) is -11.6. The van der Waals surface area contributed by atoms with Gasteiger partial charge in [-0.2, -0.15) is 11.0 Å². The van der Waals surface area contributed by atoms with E-state index in [0.717, 1.165) is 6.29 Å². The number of amides is 13. The minimum absolute atomic E-state index is 0.00194. The van der Waals surface area contributed by atoms with Gasteiger partial charge in [0.15, 0.2) is 11.9 Å². The number of rotatable bonds is 51. The van der Waals surface area contributed by atoms with Gasteiger partial charge in [-0.1, -0.05) is 145 Å². The lowest BCUT2D eigenvalue weighted by Gasteiger charge is -2.35. The highest BCUT2D eigenvalue weighted by Gasteiger charge is 2.44. The highest BCUT2D eigenvalue weighted by molar-refractivity contribution is 6.41. The highest BCUT2D eigenvalue weighted by atomic mass is 16.7. The van der Waals surface area contributed by atoms with Crippen LogP contribution in [0.2, 0.25) is 0 Å². The predicted molar refractivity (Wildman–Crippen MR) is 543 cm³/mol.